The van der Waals surface area contributed by atoms with Gasteiger partial charge in [0.2, 0.25) is 17.1 Å². The summed E-state index contributed by atoms with van der Waals surface area (Å²) in [5, 5.41) is 12.6. The first kappa shape index (κ1) is 24.5. The van der Waals surface area contributed by atoms with Crippen molar-refractivity contribution in [3.63, 3.8) is 0 Å². The Hall–Kier alpha value is -4.79. The summed E-state index contributed by atoms with van der Waals surface area (Å²) in [5.74, 6) is -1.06. The number of aromatic amines is 2. The highest BCUT2D eigenvalue weighted by Gasteiger charge is 2.32. The minimum absolute atomic E-state index is 0.102. The smallest absolute Gasteiger partial charge is 0.252 e. The molecule has 1 amide bonds. The summed E-state index contributed by atoms with van der Waals surface area (Å²) >= 11 is 0. The predicted molar refractivity (Wildman–Crippen MR) is 146 cm³/mol. The van der Waals surface area contributed by atoms with Crippen molar-refractivity contribution in [2.24, 2.45) is 0 Å². The van der Waals surface area contributed by atoms with E-state index in [4.69, 9.17) is 9.15 Å². The van der Waals surface area contributed by atoms with Crippen LogP contribution in [-0.4, -0.2) is 39.5 Å². The number of nitrogens with one attached hydrogen (secondary N) is 2. The van der Waals surface area contributed by atoms with Gasteiger partial charge in [0, 0.05) is 47.3 Å². The van der Waals surface area contributed by atoms with Crippen LogP contribution in [0.5, 0.6) is 11.5 Å². The quantitative estimate of drug-likeness (QED) is 0.317. The third-order valence-electron chi connectivity index (χ3n) is 7.46. The van der Waals surface area contributed by atoms with Gasteiger partial charge in [-0.15, -0.1) is 0 Å². The third-order valence-corrected chi connectivity index (χ3v) is 7.46. The molecule has 198 valence electrons. The van der Waals surface area contributed by atoms with Crippen LogP contribution in [0.4, 0.5) is 0 Å². The molecule has 1 aliphatic rings. The second-order valence-electron chi connectivity index (χ2n) is 9.89. The number of hydrogen-bond donors (Lipinski definition) is 3. The first-order chi connectivity index (χ1) is 18.8. The van der Waals surface area contributed by atoms with Crippen LogP contribution in [0.1, 0.15) is 40.7 Å². The van der Waals surface area contributed by atoms with Crippen molar-refractivity contribution in [2.75, 3.05) is 13.7 Å². The molecular weight excluding hydrogens is 498 g/mol. The number of aromatic hydroxyl groups is 1. The van der Waals surface area contributed by atoms with Crippen molar-refractivity contribution in [3.05, 3.63) is 104 Å². The lowest BCUT2D eigenvalue weighted by atomic mass is 9.91. The zero-order valence-corrected chi connectivity index (χ0v) is 21.5. The van der Waals surface area contributed by atoms with Crippen molar-refractivity contribution >= 4 is 27.7 Å². The molecular formula is C30H27N3O6. The fourth-order valence-corrected chi connectivity index (χ4v) is 5.50. The van der Waals surface area contributed by atoms with Gasteiger partial charge in [0.15, 0.2) is 5.76 Å². The summed E-state index contributed by atoms with van der Waals surface area (Å²) in [6, 6.07) is 16.2. The Balaban J connectivity index is 1.40. The number of pyridine rings is 1. The van der Waals surface area contributed by atoms with Crippen LogP contribution < -0.4 is 15.7 Å². The highest BCUT2D eigenvalue weighted by molar-refractivity contribution is 5.86. The lowest BCUT2D eigenvalue weighted by molar-refractivity contribution is -0.132. The summed E-state index contributed by atoms with van der Waals surface area (Å²) < 4.78 is 11.1. The maximum absolute atomic E-state index is 13.7. The molecule has 0 spiro atoms. The number of carbonyl (C=O) groups is 1. The van der Waals surface area contributed by atoms with Gasteiger partial charge in [-0.05, 0) is 48.6 Å². The molecule has 9 nitrogen and oxygen atoms in total. The molecule has 9 heteroatoms. The molecule has 1 aliphatic heterocycles. The maximum atomic E-state index is 13.7. The molecule has 5 aromatic rings. The summed E-state index contributed by atoms with van der Waals surface area (Å²) in [4.78, 5) is 47.5. The normalized spacial score (nSPS) is 13.9. The number of H-pyrrole nitrogens is 2. The van der Waals surface area contributed by atoms with E-state index in [0.717, 1.165) is 16.6 Å². The fourth-order valence-electron chi connectivity index (χ4n) is 5.50. The van der Waals surface area contributed by atoms with Crippen LogP contribution in [0.15, 0.2) is 68.6 Å². The average molecular weight is 526 g/mol. The van der Waals surface area contributed by atoms with Gasteiger partial charge >= 0.3 is 0 Å². The fraction of sp³-hybridized carbons (Fsp3) is 0.233. The number of nitrogens with zero attached hydrogens (tertiary/aromatic N) is 1. The number of benzene rings is 2. The topological polar surface area (TPSA) is 129 Å². The van der Waals surface area contributed by atoms with E-state index in [1.807, 2.05) is 18.2 Å². The first-order valence-electron chi connectivity index (χ1n) is 12.7. The molecule has 0 radical (unpaired) electrons. The van der Waals surface area contributed by atoms with E-state index in [1.165, 1.54) is 18.7 Å². The molecule has 0 fully saturated rings. The number of aryl methyl sites for hydroxylation is 1. The molecule has 6 rings (SSSR count). The summed E-state index contributed by atoms with van der Waals surface area (Å²) in [7, 11) is 1.54. The number of amides is 1. The number of ether oxygens (including phenoxy) is 1. The number of aromatic nitrogens is 2. The molecule has 0 saturated heterocycles. The van der Waals surface area contributed by atoms with Crippen LogP contribution in [-0.2, 0) is 17.8 Å². The summed E-state index contributed by atoms with van der Waals surface area (Å²) in [6.45, 7) is 2.49. The average Bonchev–Trinajstić information content (AvgIpc) is 3.31. The number of rotatable bonds is 5. The number of hydrogen-bond acceptors (Lipinski definition) is 6. The zero-order chi connectivity index (χ0) is 27.3. The molecule has 0 saturated carbocycles. The predicted octanol–water partition coefficient (Wildman–Crippen LogP) is 4.09. The molecule has 3 aromatic heterocycles. The van der Waals surface area contributed by atoms with Gasteiger partial charge in [0.25, 0.3) is 5.56 Å². The van der Waals surface area contributed by atoms with Crippen LogP contribution in [0.3, 0.4) is 0 Å². The van der Waals surface area contributed by atoms with Gasteiger partial charge < -0.3 is 29.1 Å². The van der Waals surface area contributed by atoms with E-state index < -0.39 is 22.7 Å². The van der Waals surface area contributed by atoms with Gasteiger partial charge in [-0.25, -0.2) is 0 Å². The standard InChI is InChI=1S/C30H27N3O6/c1-16-11-26(34)28(36)29(39-16)21(22-12-17-7-8-18(38-2)13-24(17)32-30(22)37)14-27(35)33-10-9-20-19-5-3-4-6-23(19)31-25(20)15-33/h3-8,11-13,21,31,36H,9-10,14-15H2,1-2H3,(H,32,37). The maximum Gasteiger partial charge on any atom is 0.252 e. The Morgan fingerprint density at radius 2 is 1.92 bits per heavy atom. The Morgan fingerprint density at radius 3 is 2.74 bits per heavy atom. The Labute approximate surface area is 222 Å². The van der Waals surface area contributed by atoms with Gasteiger partial charge in [-0.1, -0.05) is 18.2 Å². The second kappa shape index (κ2) is 9.50. The molecule has 4 heterocycles. The molecule has 1 unspecified atom stereocenters. The third kappa shape index (κ3) is 4.35. The minimum atomic E-state index is -0.982. The lowest BCUT2D eigenvalue weighted by Gasteiger charge is -2.29. The summed E-state index contributed by atoms with van der Waals surface area (Å²) in [5.41, 5.74) is 2.91. The minimum Gasteiger partial charge on any atom is -0.502 e. The van der Waals surface area contributed by atoms with Crippen LogP contribution in [0.2, 0.25) is 0 Å². The zero-order valence-electron chi connectivity index (χ0n) is 21.5. The van der Waals surface area contributed by atoms with E-state index in [1.54, 1.807) is 36.1 Å². The van der Waals surface area contributed by atoms with Crippen molar-refractivity contribution in [1.82, 2.24) is 14.9 Å². The van der Waals surface area contributed by atoms with Crippen molar-refractivity contribution in [1.29, 1.82) is 0 Å². The Morgan fingerprint density at radius 1 is 1.10 bits per heavy atom. The molecule has 1 atom stereocenters. The lowest BCUT2D eigenvalue weighted by Crippen LogP contribution is -2.37. The number of fused-ring (bicyclic) bond motifs is 4. The number of methoxy groups -OCH3 is 1. The largest absolute Gasteiger partial charge is 0.502 e. The molecule has 0 aliphatic carbocycles. The van der Waals surface area contributed by atoms with Gasteiger partial charge in [0.1, 0.15) is 11.5 Å². The molecule has 39 heavy (non-hydrogen) atoms. The van der Waals surface area contributed by atoms with Gasteiger partial charge in [0.05, 0.1) is 25.1 Å². The van der Waals surface area contributed by atoms with E-state index in [-0.39, 0.29) is 29.4 Å². The van der Waals surface area contributed by atoms with Crippen molar-refractivity contribution in [3.8, 4) is 11.5 Å². The number of para-hydroxylation sites is 1. The van der Waals surface area contributed by atoms with Crippen molar-refractivity contribution < 1.29 is 19.1 Å². The highest BCUT2D eigenvalue weighted by atomic mass is 16.5. The van der Waals surface area contributed by atoms with Crippen LogP contribution in [0, 0.1) is 6.92 Å². The second-order valence-corrected chi connectivity index (χ2v) is 9.89. The molecule has 2 aromatic carbocycles. The molecule has 0 bridgehead atoms. The monoisotopic (exact) mass is 525 g/mol. The van der Waals surface area contributed by atoms with E-state index in [9.17, 15) is 19.5 Å². The first-order valence-corrected chi connectivity index (χ1v) is 12.7. The number of carbonyl (C=O) groups excluding carboxylic acids is 1. The van der Waals surface area contributed by atoms with E-state index in [0.29, 0.717) is 36.2 Å². The summed E-state index contributed by atoms with van der Waals surface area (Å²) in [6.07, 6.45) is 0.527. The van der Waals surface area contributed by atoms with Crippen LogP contribution in [0.25, 0.3) is 21.8 Å². The van der Waals surface area contributed by atoms with Crippen LogP contribution >= 0.6 is 0 Å². The van der Waals surface area contributed by atoms with Gasteiger partial charge in [-0.3, -0.25) is 14.4 Å². The van der Waals surface area contributed by atoms with Crippen molar-refractivity contribution in [2.45, 2.75) is 32.2 Å². The Kier molecular flexibility index (Phi) is 5.98. The van der Waals surface area contributed by atoms with E-state index >= 15 is 0 Å². The van der Waals surface area contributed by atoms with E-state index in [2.05, 4.69) is 16.0 Å². The SMILES string of the molecule is COc1ccc2cc(C(CC(=O)N3CCc4c([nH]c5ccccc45)C3)c3oc(C)cc(=O)c3O)c(=O)[nH]c2c1. The van der Waals surface area contributed by atoms with Gasteiger partial charge in [-0.2, -0.15) is 0 Å². The molecule has 3 N–H and O–H groups in total. The highest BCUT2D eigenvalue weighted by Crippen LogP contribution is 2.34. The Bertz CT molecular complexity index is 1870.